The molecule has 21 heavy (non-hydrogen) atoms. The molecule has 2 rings (SSSR count). The van der Waals surface area contributed by atoms with E-state index in [1.807, 2.05) is 0 Å². The molecule has 3 nitrogen and oxygen atoms in total. The Balaban J connectivity index is 2.28. The van der Waals surface area contributed by atoms with Crippen LogP contribution in [0.1, 0.15) is 25.7 Å². The molecule has 0 radical (unpaired) electrons. The summed E-state index contributed by atoms with van der Waals surface area (Å²) in [7, 11) is 0. The van der Waals surface area contributed by atoms with Crippen molar-refractivity contribution in [2.45, 2.75) is 25.7 Å². The third kappa shape index (κ3) is 4.33. The van der Waals surface area contributed by atoms with Gasteiger partial charge in [-0.05, 0) is 42.1 Å². The van der Waals surface area contributed by atoms with Crippen molar-refractivity contribution in [3.05, 3.63) is 59.6 Å². The van der Waals surface area contributed by atoms with Crippen LogP contribution in [0.3, 0.4) is 0 Å². The molecule has 0 amide bonds. The number of nitrogens with one attached hydrogen (secondary N) is 1. The lowest BCUT2D eigenvalue weighted by Gasteiger charge is -2.17. The number of allylic oxidation sites excluding steroid dienone is 5. The average Bonchev–Trinajstić information content (AvgIpc) is 3.24. The van der Waals surface area contributed by atoms with E-state index in [0.29, 0.717) is 22.8 Å². The first kappa shape index (κ1) is 15.6. The number of hydrogen-bond donors (Lipinski definition) is 3. The molecule has 0 atom stereocenters. The minimum atomic E-state index is 0.148. The minimum absolute atomic E-state index is 0.148. The summed E-state index contributed by atoms with van der Waals surface area (Å²) in [5.74, 6) is 0.975. The van der Waals surface area contributed by atoms with E-state index in [9.17, 15) is 5.11 Å². The Morgan fingerprint density at radius 2 is 2.19 bits per heavy atom. The van der Waals surface area contributed by atoms with Crippen molar-refractivity contribution >= 4 is 17.2 Å². The summed E-state index contributed by atoms with van der Waals surface area (Å²) in [6.07, 6.45) is 9.64. The molecule has 0 bridgehead atoms. The van der Waals surface area contributed by atoms with Crippen molar-refractivity contribution in [3.8, 4) is 0 Å². The summed E-state index contributed by atoms with van der Waals surface area (Å²) in [5, 5.41) is 12.9. The number of aliphatic hydroxyl groups is 1. The van der Waals surface area contributed by atoms with Crippen LogP contribution in [0.4, 0.5) is 0 Å². The van der Waals surface area contributed by atoms with Crippen molar-refractivity contribution in [2.24, 2.45) is 11.7 Å². The van der Waals surface area contributed by atoms with Crippen molar-refractivity contribution in [2.75, 3.05) is 6.54 Å². The molecule has 0 unspecified atom stereocenters. The quantitative estimate of drug-likeness (QED) is 0.696. The fourth-order valence-electron chi connectivity index (χ4n) is 2.34. The Morgan fingerprint density at radius 1 is 1.48 bits per heavy atom. The Bertz CT molecular complexity index is 565. The Hall–Kier alpha value is -1.81. The van der Waals surface area contributed by atoms with Gasteiger partial charge < -0.3 is 16.2 Å². The Labute approximate surface area is 131 Å². The highest BCUT2D eigenvalue weighted by Gasteiger charge is 2.22. The molecule has 0 aromatic carbocycles. The maximum absolute atomic E-state index is 9.84. The van der Waals surface area contributed by atoms with Crippen molar-refractivity contribution in [1.29, 1.82) is 0 Å². The monoisotopic (exact) mass is 302 g/mol. The maximum Gasteiger partial charge on any atom is 0.123 e. The predicted octanol–water partition coefficient (Wildman–Crippen LogP) is 3.43. The highest BCUT2D eigenvalue weighted by atomic mass is 32.1. The fourth-order valence-corrected chi connectivity index (χ4v) is 2.52. The molecule has 1 aliphatic carbocycles. The Morgan fingerprint density at radius 3 is 2.86 bits per heavy atom. The number of thiocarbonyl (C=S) groups is 1. The number of rotatable bonds is 4. The number of nitrogens with two attached hydrogens (primary N) is 1. The van der Waals surface area contributed by atoms with Crippen LogP contribution in [0, 0.1) is 5.92 Å². The molecule has 0 aromatic heterocycles. The largest absolute Gasteiger partial charge is 0.508 e. The zero-order valence-electron chi connectivity index (χ0n) is 12.2. The van der Waals surface area contributed by atoms with E-state index in [0.717, 1.165) is 29.9 Å². The van der Waals surface area contributed by atoms with Gasteiger partial charge in [-0.15, -0.1) is 0 Å². The van der Waals surface area contributed by atoms with E-state index in [4.69, 9.17) is 18.0 Å². The second-order valence-corrected chi connectivity index (χ2v) is 5.99. The highest BCUT2D eigenvalue weighted by Crippen LogP contribution is 2.36. The van der Waals surface area contributed by atoms with Crippen LogP contribution in [-0.2, 0) is 0 Å². The summed E-state index contributed by atoms with van der Waals surface area (Å²) in [6.45, 7) is 8.68. The molecule has 1 heterocycles. The lowest BCUT2D eigenvalue weighted by atomic mass is 9.93. The first-order valence-electron chi connectivity index (χ1n) is 7.21. The van der Waals surface area contributed by atoms with Gasteiger partial charge in [0.25, 0.3) is 0 Å². The number of aliphatic hydroxyl groups excluding tert-OH is 1. The third-order valence-corrected chi connectivity index (χ3v) is 4.10. The smallest absolute Gasteiger partial charge is 0.123 e. The van der Waals surface area contributed by atoms with Crippen LogP contribution in [0.25, 0.3) is 0 Å². The van der Waals surface area contributed by atoms with Crippen molar-refractivity contribution < 1.29 is 5.11 Å². The first-order valence-corrected chi connectivity index (χ1v) is 7.62. The molecular formula is C17H22N2OS. The molecule has 112 valence electrons. The van der Waals surface area contributed by atoms with Gasteiger partial charge in [-0.25, -0.2) is 0 Å². The van der Waals surface area contributed by atoms with Gasteiger partial charge in [0.2, 0.25) is 0 Å². The first-order chi connectivity index (χ1) is 9.99. The van der Waals surface area contributed by atoms with Crippen molar-refractivity contribution in [3.63, 3.8) is 0 Å². The highest BCUT2D eigenvalue weighted by molar-refractivity contribution is 7.80. The van der Waals surface area contributed by atoms with Gasteiger partial charge in [-0.2, -0.15) is 0 Å². The maximum atomic E-state index is 9.84. The van der Waals surface area contributed by atoms with Gasteiger partial charge in [-0.3, -0.25) is 0 Å². The minimum Gasteiger partial charge on any atom is -0.508 e. The van der Waals surface area contributed by atoms with E-state index in [2.05, 4.69) is 18.5 Å². The lowest BCUT2D eigenvalue weighted by Crippen LogP contribution is -2.29. The molecular weight excluding hydrogens is 280 g/mol. The van der Waals surface area contributed by atoms with Gasteiger partial charge in [0.1, 0.15) is 10.7 Å². The zero-order chi connectivity index (χ0) is 15.4. The van der Waals surface area contributed by atoms with Crippen LogP contribution in [0.5, 0.6) is 0 Å². The lowest BCUT2D eigenvalue weighted by molar-refractivity contribution is 0.432. The summed E-state index contributed by atoms with van der Waals surface area (Å²) < 4.78 is 0. The van der Waals surface area contributed by atoms with E-state index >= 15 is 0 Å². The molecule has 4 N–H and O–H groups in total. The normalized spacial score (nSPS) is 27.5. The SMILES string of the molecule is C=C1/C=C(O)\C=C/CNC(=S)/C(N)=C\1C(=C)CCC1CC1. The standard InChI is InChI=1S/C17H22N2OS/c1-11(5-6-13-7-8-13)15-12(2)10-14(20)4-3-9-19-17(21)16(15)18/h3-4,10,13,20H,1-2,5-9,18H2,(H,19,21)/b4-3-,14-10+,16-15+. The molecule has 1 aliphatic heterocycles. The van der Waals surface area contributed by atoms with Crippen molar-refractivity contribution in [1.82, 2.24) is 5.32 Å². The van der Waals surface area contributed by atoms with Crippen LogP contribution in [0.2, 0.25) is 0 Å². The molecule has 1 fully saturated rings. The van der Waals surface area contributed by atoms with Crippen LogP contribution >= 0.6 is 12.2 Å². The molecule has 0 aromatic rings. The summed E-state index contributed by atoms with van der Waals surface area (Å²) in [4.78, 5) is 0.498. The van der Waals surface area contributed by atoms with Crippen LogP contribution in [-0.4, -0.2) is 16.6 Å². The topological polar surface area (TPSA) is 58.3 Å². The summed E-state index contributed by atoms with van der Waals surface area (Å²) in [6, 6.07) is 0. The number of hydrogen-bond acceptors (Lipinski definition) is 3. The van der Waals surface area contributed by atoms with Gasteiger partial charge >= 0.3 is 0 Å². The molecule has 4 heteroatoms. The van der Waals surface area contributed by atoms with Gasteiger partial charge in [0, 0.05) is 12.1 Å². The molecule has 1 saturated carbocycles. The summed E-state index contributed by atoms with van der Waals surface area (Å²) >= 11 is 5.31. The van der Waals surface area contributed by atoms with E-state index in [-0.39, 0.29) is 5.76 Å². The molecule has 0 spiro atoms. The van der Waals surface area contributed by atoms with E-state index in [1.54, 1.807) is 18.2 Å². The fraction of sp³-hybridized carbons (Fsp3) is 0.353. The average molecular weight is 302 g/mol. The molecule has 2 aliphatic rings. The predicted molar refractivity (Wildman–Crippen MR) is 91.9 cm³/mol. The van der Waals surface area contributed by atoms with E-state index < -0.39 is 0 Å². The summed E-state index contributed by atoms with van der Waals surface area (Å²) in [5.41, 5.74) is 9.00. The zero-order valence-corrected chi connectivity index (χ0v) is 13.0. The van der Waals surface area contributed by atoms with Crippen LogP contribution < -0.4 is 11.1 Å². The van der Waals surface area contributed by atoms with Gasteiger partial charge in [-0.1, -0.05) is 44.3 Å². The van der Waals surface area contributed by atoms with Gasteiger partial charge in [0.05, 0.1) is 5.70 Å². The second-order valence-electron chi connectivity index (χ2n) is 5.58. The van der Waals surface area contributed by atoms with Crippen LogP contribution in [0.15, 0.2) is 59.6 Å². The van der Waals surface area contributed by atoms with E-state index in [1.165, 1.54) is 12.8 Å². The Kier molecular flexibility index (Phi) is 5.02. The molecule has 0 saturated heterocycles. The second kappa shape index (κ2) is 6.76. The third-order valence-electron chi connectivity index (χ3n) is 3.73. The van der Waals surface area contributed by atoms with Gasteiger partial charge in [0.15, 0.2) is 0 Å².